The van der Waals surface area contributed by atoms with Crippen molar-refractivity contribution in [3.8, 4) is 0 Å². The third-order valence-corrected chi connectivity index (χ3v) is 3.37. The Hall–Kier alpha value is -1.31. The fourth-order valence-corrected chi connectivity index (χ4v) is 2.14. The van der Waals surface area contributed by atoms with Crippen LogP contribution in [-0.2, 0) is 4.79 Å². The van der Waals surface area contributed by atoms with Crippen molar-refractivity contribution in [1.29, 1.82) is 0 Å². The van der Waals surface area contributed by atoms with Gasteiger partial charge in [-0.2, -0.15) is 0 Å². The second kappa shape index (κ2) is 6.43. The highest BCUT2D eigenvalue weighted by atomic mass is 16.1. The number of benzene rings is 1. The van der Waals surface area contributed by atoms with E-state index in [4.69, 9.17) is 0 Å². The van der Waals surface area contributed by atoms with Gasteiger partial charge in [0.2, 0.25) is 5.91 Å². The molecule has 1 atom stereocenters. The third kappa shape index (κ3) is 3.58. The van der Waals surface area contributed by atoms with E-state index in [2.05, 4.69) is 38.2 Å². The van der Waals surface area contributed by atoms with Crippen molar-refractivity contribution in [1.82, 2.24) is 5.32 Å². The van der Waals surface area contributed by atoms with Crippen LogP contribution in [0, 0.1) is 12.8 Å². The molecule has 94 valence electrons. The van der Waals surface area contributed by atoms with Crippen LogP contribution < -0.4 is 5.32 Å². The Labute approximate surface area is 104 Å². The minimum absolute atomic E-state index is 0.0873. The molecule has 1 unspecified atom stereocenters. The van der Waals surface area contributed by atoms with E-state index in [9.17, 15) is 4.79 Å². The summed E-state index contributed by atoms with van der Waals surface area (Å²) in [6, 6.07) is 8.28. The van der Waals surface area contributed by atoms with Crippen LogP contribution in [0.4, 0.5) is 0 Å². The van der Waals surface area contributed by atoms with Crippen molar-refractivity contribution in [2.24, 2.45) is 5.92 Å². The van der Waals surface area contributed by atoms with Crippen LogP contribution in [0.25, 0.3) is 0 Å². The second-order valence-corrected chi connectivity index (χ2v) is 4.60. The average Bonchev–Trinajstić information content (AvgIpc) is 2.31. The maximum Gasteiger partial charge on any atom is 0.223 e. The van der Waals surface area contributed by atoms with E-state index in [1.807, 2.05) is 19.1 Å². The van der Waals surface area contributed by atoms with E-state index < -0.39 is 0 Å². The zero-order valence-electron chi connectivity index (χ0n) is 11.3. The molecule has 2 nitrogen and oxygen atoms in total. The van der Waals surface area contributed by atoms with Crippen LogP contribution in [0.3, 0.4) is 0 Å². The molecule has 0 saturated heterocycles. The van der Waals surface area contributed by atoms with E-state index in [1.165, 1.54) is 11.1 Å². The summed E-state index contributed by atoms with van der Waals surface area (Å²) in [4.78, 5) is 12.0. The highest BCUT2D eigenvalue weighted by Gasteiger charge is 2.17. The summed E-state index contributed by atoms with van der Waals surface area (Å²) < 4.78 is 0. The summed E-state index contributed by atoms with van der Waals surface area (Å²) in [6.07, 6.45) is 1.81. The SMILES string of the molecule is CCC(CC)C(=O)NC(C)c1ccccc1C. The topological polar surface area (TPSA) is 29.1 Å². The summed E-state index contributed by atoms with van der Waals surface area (Å²) in [5.41, 5.74) is 2.43. The highest BCUT2D eigenvalue weighted by molar-refractivity contribution is 5.79. The first-order valence-electron chi connectivity index (χ1n) is 6.46. The average molecular weight is 233 g/mol. The molecule has 0 saturated carbocycles. The zero-order valence-corrected chi connectivity index (χ0v) is 11.3. The van der Waals surface area contributed by atoms with Crippen LogP contribution in [0.2, 0.25) is 0 Å². The molecule has 0 aliphatic rings. The van der Waals surface area contributed by atoms with Gasteiger partial charge in [0.15, 0.2) is 0 Å². The maximum atomic E-state index is 12.0. The predicted octanol–water partition coefficient (Wildman–Crippen LogP) is 3.61. The van der Waals surface area contributed by atoms with Crippen molar-refractivity contribution in [2.75, 3.05) is 0 Å². The number of hydrogen-bond donors (Lipinski definition) is 1. The standard InChI is InChI=1S/C15H23NO/c1-5-13(6-2)15(17)16-12(4)14-10-8-7-9-11(14)3/h7-10,12-13H,5-6H2,1-4H3,(H,16,17). The number of rotatable bonds is 5. The molecule has 1 rings (SSSR count). The van der Waals surface area contributed by atoms with Crippen LogP contribution in [0.1, 0.15) is 50.8 Å². The lowest BCUT2D eigenvalue weighted by Crippen LogP contribution is -2.32. The quantitative estimate of drug-likeness (QED) is 0.827. The van der Waals surface area contributed by atoms with E-state index in [1.54, 1.807) is 0 Å². The molecule has 0 fully saturated rings. The van der Waals surface area contributed by atoms with Crippen molar-refractivity contribution in [3.63, 3.8) is 0 Å². The summed E-state index contributed by atoms with van der Waals surface area (Å²) in [5, 5.41) is 3.10. The van der Waals surface area contributed by atoms with Gasteiger partial charge in [-0.3, -0.25) is 4.79 Å². The molecule has 17 heavy (non-hydrogen) atoms. The molecular formula is C15H23NO. The van der Waals surface area contributed by atoms with Gasteiger partial charge in [-0.15, -0.1) is 0 Å². The molecule has 1 amide bonds. The molecule has 0 bridgehead atoms. The number of nitrogens with one attached hydrogen (secondary N) is 1. The fraction of sp³-hybridized carbons (Fsp3) is 0.533. The smallest absolute Gasteiger partial charge is 0.223 e. The maximum absolute atomic E-state index is 12.0. The van der Waals surface area contributed by atoms with E-state index >= 15 is 0 Å². The Morgan fingerprint density at radius 2 is 1.82 bits per heavy atom. The van der Waals surface area contributed by atoms with E-state index in [-0.39, 0.29) is 17.9 Å². The number of aryl methyl sites for hydroxylation is 1. The molecule has 0 aromatic heterocycles. The Kier molecular flexibility index (Phi) is 5.20. The minimum Gasteiger partial charge on any atom is -0.349 e. The van der Waals surface area contributed by atoms with E-state index in [0.29, 0.717) is 0 Å². The first-order chi connectivity index (χ1) is 8.10. The first kappa shape index (κ1) is 13.8. The largest absolute Gasteiger partial charge is 0.349 e. The van der Waals surface area contributed by atoms with Crippen LogP contribution in [-0.4, -0.2) is 5.91 Å². The molecule has 0 spiro atoms. The lowest BCUT2D eigenvalue weighted by Gasteiger charge is -2.20. The lowest BCUT2D eigenvalue weighted by atomic mass is 9.99. The molecule has 1 aromatic rings. The molecule has 1 N–H and O–H groups in total. The first-order valence-corrected chi connectivity index (χ1v) is 6.46. The van der Waals surface area contributed by atoms with Gasteiger partial charge in [0, 0.05) is 5.92 Å². The molecule has 0 aliphatic heterocycles. The molecule has 0 aliphatic carbocycles. The highest BCUT2D eigenvalue weighted by Crippen LogP contribution is 2.18. The zero-order chi connectivity index (χ0) is 12.8. The summed E-state index contributed by atoms with van der Waals surface area (Å²) in [6.45, 7) is 8.25. The van der Waals surface area contributed by atoms with Crippen molar-refractivity contribution in [2.45, 2.75) is 46.6 Å². The van der Waals surface area contributed by atoms with Crippen LogP contribution in [0.5, 0.6) is 0 Å². The second-order valence-electron chi connectivity index (χ2n) is 4.60. The minimum atomic E-state index is 0.0873. The monoisotopic (exact) mass is 233 g/mol. The summed E-state index contributed by atoms with van der Waals surface area (Å²) >= 11 is 0. The normalized spacial score (nSPS) is 12.5. The summed E-state index contributed by atoms with van der Waals surface area (Å²) in [5.74, 6) is 0.312. The lowest BCUT2D eigenvalue weighted by molar-refractivity contribution is -0.125. The van der Waals surface area contributed by atoms with Gasteiger partial charge >= 0.3 is 0 Å². The van der Waals surface area contributed by atoms with Gasteiger partial charge in [-0.1, -0.05) is 38.1 Å². The number of amides is 1. The van der Waals surface area contributed by atoms with Gasteiger partial charge in [-0.25, -0.2) is 0 Å². The van der Waals surface area contributed by atoms with Gasteiger partial charge in [0.05, 0.1) is 6.04 Å². The van der Waals surface area contributed by atoms with Crippen molar-refractivity contribution < 1.29 is 4.79 Å². The number of hydrogen-bond acceptors (Lipinski definition) is 1. The van der Waals surface area contributed by atoms with E-state index in [0.717, 1.165) is 12.8 Å². The predicted molar refractivity (Wildman–Crippen MR) is 71.8 cm³/mol. The van der Waals surface area contributed by atoms with Gasteiger partial charge in [0.25, 0.3) is 0 Å². The molecular weight excluding hydrogens is 210 g/mol. The Morgan fingerprint density at radius 3 is 2.35 bits per heavy atom. The molecule has 0 radical (unpaired) electrons. The Bertz CT molecular complexity index is 369. The third-order valence-electron chi connectivity index (χ3n) is 3.37. The number of carbonyl (C=O) groups is 1. The van der Waals surface area contributed by atoms with Crippen LogP contribution in [0.15, 0.2) is 24.3 Å². The van der Waals surface area contributed by atoms with Gasteiger partial charge in [-0.05, 0) is 37.8 Å². The van der Waals surface area contributed by atoms with Crippen molar-refractivity contribution >= 4 is 5.91 Å². The van der Waals surface area contributed by atoms with Crippen LogP contribution >= 0.6 is 0 Å². The summed E-state index contributed by atoms with van der Waals surface area (Å²) in [7, 11) is 0. The number of carbonyl (C=O) groups excluding carboxylic acids is 1. The Morgan fingerprint density at radius 1 is 1.24 bits per heavy atom. The van der Waals surface area contributed by atoms with Crippen molar-refractivity contribution in [3.05, 3.63) is 35.4 Å². The fourth-order valence-electron chi connectivity index (χ4n) is 2.14. The van der Waals surface area contributed by atoms with Gasteiger partial charge in [0.1, 0.15) is 0 Å². The molecule has 0 heterocycles. The molecule has 1 aromatic carbocycles. The molecule has 2 heteroatoms. The van der Waals surface area contributed by atoms with Gasteiger partial charge < -0.3 is 5.32 Å². The Balaban J connectivity index is 2.70.